The molecular weight excluding hydrogens is 280 g/mol. The maximum absolute atomic E-state index is 6.53. The van der Waals surface area contributed by atoms with Crippen molar-refractivity contribution in [3.8, 4) is 5.88 Å². The number of nitrogens with zero attached hydrogens (tertiary/aromatic N) is 4. The van der Waals surface area contributed by atoms with Crippen molar-refractivity contribution in [2.75, 3.05) is 0 Å². The summed E-state index contributed by atoms with van der Waals surface area (Å²) < 4.78 is 5.96. The van der Waals surface area contributed by atoms with Crippen LogP contribution in [0.2, 0.25) is 0 Å². The molecule has 0 radical (unpaired) electrons. The topological polar surface area (TPSA) is 103 Å². The summed E-state index contributed by atoms with van der Waals surface area (Å²) in [4.78, 5) is 12.7. The van der Waals surface area contributed by atoms with E-state index in [9.17, 15) is 0 Å². The van der Waals surface area contributed by atoms with Gasteiger partial charge in [-0.3, -0.25) is 20.8 Å². The van der Waals surface area contributed by atoms with Crippen LogP contribution in [0.25, 0.3) is 10.9 Å². The molecule has 3 aromatic heterocycles. The lowest BCUT2D eigenvalue weighted by molar-refractivity contribution is 0.0578. The van der Waals surface area contributed by atoms with Gasteiger partial charge in [-0.25, -0.2) is 4.98 Å². The van der Waals surface area contributed by atoms with Crippen LogP contribution >= 0.6 is 0 Å². The third-order valence-electron chi connectivity index (χ3n) is 4.19. The average Bonchev–Trinajstić information content (AvgIpc) is 3.13. The van der Waals surface area contributed by atoms with Crippen molar-refractivity contribution in [2.24, 2.45) is 5.73 Å². The predicted molar refractivity (Wildman–Crippen MR) is 80.1 cm³/mol. The van der Waals surface area contributed by atoms with Gasteiger partial charge in [0.15, 0.2) is 5.72 Å². The summed E-state index contributed by atoms with van der Waals surface area (Å²) in [6.07, 6.45) is 11.0. The Morgan fingerprint density at radius 2 is 2.18 bits per heavy atom. The first-order chi connectivity index (χ1) is 10.7. The minimum atomic E-state index is -0.809. The Morgan fingerprint density at radius 3 is 3.05 bits per heavy atom. The lowest BCUT2D eigenvalue weighted by Crippen LogP contribution is -2.48. The highest BCUT2D eigenvalue weighted by Crippen LogP contribution is 2.41. The van der Waals surface area contributed by atoms with Gasteiger partial charge in [0.1, 0.15) is 0 Å². The number of aromatic amines is 1. The molecule has 0 amide bonds. The van der Waals surface area contributed by atoms with E-state index in [2.05, 4.69) is 25.1 Å². The largest absolute Gasteiger partial charge is 0.454 e. The van der Waals surface area contributed by atoms with Crippen molar-refractivity contribution in [3.63, 3.8) is 0 Å². The fraction of sp³-hybridized carbons (Fsp3) is 0.333. The minimum absolute atomic E-state index is 0.0159. The average molecular weight is 296 g/mol. The molecule has 0 saturated heterocycles. The summed E-state index contributed by atoms with van der Waals surface area (Å²) in [5.74, 6) is 0.460. The van der Waals surface area contributed by atoms with Crippen LogP contribution in [0.4, 0.5) is 0 Å². The number of aromatic nitrogens is 5. The van der Waals surface area contributed by atoms with Crippen molar-refractivity contribution >= 4 is 10.9 Å². The Balaban J connectivity index is 1.67. The van der Waals surface area contributed by atoms with E-state index in [0.717, 1.165) is 35.9 Å². The normalized spacial score (nSPS) is 24.7. The molecule has 1 aliphatic carbocycles. The van der Waals surface area contributed by atoms with E-state index in [1.54, 1.807) is 24.8 Å². The van der Waals surface area contributed by atoms with Gasteiger partial charge in [-0.05, 0) is 18.9 Å². The molecule has 0 bridgehead atoms. The number of H-pyrrole nitrogens is 1. The molecule has 22 heavy (non-hydrogen) atoms. The van der Waals surface area contributed by atoms with Crippen LogP contribution in [0.5, 0.6) is 5.88 Å². The molecule has 3 N–H and O–H groups in total. The standard InChI is InChI=1S/C15H16N6O/c16-15(22-14-9-17-4-5-18-14)3-1-2-11(15)13-6-12-10(7-19-13)8-20-21-12/h4-9,11H,1-3,16H2,(H,20,21). The molecule has 4 rings (SSSR count). The summed E-state index contributed by atoms with van der Waals surface area (Å²) in [7, 11) is 0. The van der Waals surface area contributed by atoms with Gasteiger partial charge in [0.25, 0.3) is 0 Å². The first kappa shape index (κ1) is 13.1. The van der Waals surface area contributed by atoms with Crippen molar-refractivity contribution in [3.05, 3.63) is 42.7 Å². The van der Waals surface area contributed by atoms with Gasteiger partial charge in [0, 0.05) is 30.4 Å². The van der Waals surface area contributed by atoms with Gasteiger partial charge in [0.2, 0.25) is 5.88 Å². The van der Waals surface area contributed by atoms with Gasteiger partial charge in [-0.15, -0.1) is 0 Å². The Kier molecular flexibility index (Phi) is 3.00. The van der Waals surface area contributed by atoms with Crippen LogP contribution in [0.3, 0.4) is 0 Å². The lowest BCUT2D eigenvalue weighted by atomic mass is 9.95. The molecular formula is C15H16N6O. The Hall–Kier alpha value is -2.54. The van der Waals surface area contributed by atoms with Crippen LogP contribution in [0.15, 0.2) is 37.1 Å². The molecule has 0 spiro atoms. The quantitative estimate of drug-likeness (QED) is 0.714. The lowest BCUT2D eigenvalue weighted by Gasteiger charge is -2.31. The van der Waals surface area contributed by atoms with E-state index in [1.807, 2.05) is 12.3 Å². The number of nitrogens with one attached hydrogen (secondary N) is 1. The molecule has 0 aliphatic heterocycles. The summed E-state index contributed by atoms with van der Waals surface area (Å²) >= 11 is 0. The van der Waals surface area contributed by atoms with E-state index < -0.39 is 5.72 Å². The SMILES string of the molecule is NC1(Oc2cnccn2)CCCC1c1cc2[nH]ncc2cn1. The van der Waals surface area contributed by atoms with E-state index in [0.29, 0.717) is 5.88 Å². The minimum Gasteiger partial charge on any atom is -0.454 e. The van der Waals surface area contributed by atoms with Crippen LogP contribution in [-0.2, 0) is 0 Å². The molecule has 112 valence electrons. The zero-order valence-electron chi connectivity index (χ0n) is 11.9. The van der Waals surface area contributed by atoms with Gasteiger partial charge in [-0.1, -0.05) is 0 Å². The van der Waals surface area contributed by atoms with Gasteiger partial charge in [-0.2, -0.15) is 5.10 Å². The first-order valence-electron chi connectivity index (χ1n) is 7.27. The smallest absolute Gasteiger partial charge is 0.234 e. The Labute approximate surface area is 126 Å². The van der Waals surface area contributed by atoms with E-state index in [1.165, 1.54) is 0 Å². The molecule has 7 heteroatoms. The van der Waals surface area contributed by atoms with Gasteiger partial charge < -0.3 is 4.74 Å². The van der Waals surface area contributed by atoms with Crippen LogP contribution in [0, 0.1) is 0 Å². The summed E-state index contributed by atoms with van der Waals surface area (Å²) in [5.41, 5.74) is 7.60. The highest BCUT2D eigenvalue weighted by Gasteiger charge is 2.44. The van der Waals surface area contributed by atoms with Crippen molar-refractivity contribution < 1.29 is 4.74 Å². The Morgan fingerprint density at radius 1 is 1.23 bits per heavy atom. The monoisotopic (exact) mass is 296 g/mol. The highest BCUT2D eigenvalue weighted by molar-refractivity contribution is 5.77. The second kappa shape index (κ2) is 5.03. The van der Waals surface area contributed by atoms with Crippen LogP contribution in [0.1, 0.15) is 30.9 Å². The second-order valence-electron chi connectivity index (χ2n) is 5.61. The van der Waals surface area contributed by atoms with Crippen molar-refractivity contribution in [1.29, 1.82) is 0 Å². The number of pyridine rings is 1. The maximum atomic E-state index is 6.53. The molecule has 1 aliphatic rings. The first-order valence-corrected chi connectivity index (χ1v) is 7.27. The molecule has 7 nitrogen and oxygen atoms in total. The third-order valence-corrected chi connectivity index (χ3v) is 4.19. The van der Waals surface area contributed by atoms with Crippen LogP contribution < -0.4 is 10.5 Å². The number of rotatable bonds is 3. The number of ether oxygens (including phenoxy) is 1. The zero-order chi connectivity index (χ0) is 15.0. The number of hydrogen-bond donors (Lipinski definition) is 2. The van der Waals surface area contributed by atoms with Gasteiger partial charge in [0.05, 0.1) is 29.5 Å². The number of hydrogen-bond acceptors (Lipinski definition) is 6. The molecule has 2 unspecified atom stereocenters. The molecule has 0 aromatic carbocycles. The van der Waals surface area contributed by atoms with Gasteiger partial charge >= 0.3 is 0 Å². The summed E-state index contributed by atoms with van der Waals surface area (Å²) in [6, 6.07) is 2.00. The van der Waals surface area contributed by atoms with Crippen molar-refractivity contribution in [1.82, 2.24) is 25.1 Å². The predicted octanol–water partition coefficient (Wildman–Crippen LogP) is 1.75. The molecule has 3 aromatic rings. The summed E-state index contributed by atoms with van der Waals surface area (Å²) in [5, 5.41) is 7.98. The molecule has 1 saturated carbocycles. The Bertz CT molecular complexity index is 789. The van der Waals surface area contributed by atoms with E-state index in [-0.39, 0.29) is 5.92 Å². The molecule has 3 heterocycles. The number of fused-ring (bicyclic) bond motifs is 1. The fourth-order valence-corrected chi connectivity index (χ4v) is 3.10. The second-order valence-corrected chi connectivity index (χ2v) is 5.61. The summed E-state index contributed by atoms with van der Waals surface area (Å²) in [6.45, 7) is 0. The molecule has 1 fully saturated rings. The molecule has 2 atom stereocenters. The third kappa shape index (κ3) is 2.19. The fourth-order valence-electron chi connectivity index (χ4n) is 3.10. The highest BCUT2D eigenvalue weighted by atomic mass is 16.5. The van der Waals surface area contributed by atoms with E-state index in [4.69, 9.17) is 10.5 Å². The maximum Gasteiger partial charge on any atom is 0.234 e. The van der Waals surface area contributed by atoms with Crippen molar-refractivity contribution in [2.45, 2.75) is 30.9 Å². The number of nitrogens with two attached hydrogens (primary N) is 1. The zero-order valence-corrected chi connectivity index (χ0v) is 11.9. The van der Waals surface area contributed by atoms with Crippen LogP contribution in [-0.4, -0.2) is 30.9 Å². The van der Waals surface area contributed by atoms with E-state index >= 15 is 0 Å².